The number of methoxy groups -OCH3 is 1. The highest BCUT2D eigenvalue weighted by Crippen LogP contribution is 2.13. The highest BCUT2D eigenvalue weighted by Gasteiger charge is 2.17. The molecule has 138 valence electrons. The van der Waals surface area contributed by atoms with Crippen LogP contribution >= 0.6 is 0 Å². The van der Waals surface area contributed by atoms with Gasteiger partial charge in [0.25, 0.3) is 0 Å². The summed E-state index contributed by atoms with van der Waals surface area (Å²) in [6.45, 7) is 11.8. The molecule has 1 aromatic rings. The second-order valence-electron chi connectivity index (χ2n) is 6.70. The molecular weight excluding hydrogens is 314 g/mol. The number of hydrogen-bond acceptors (Lipinski definition) is 4. The molecule has 2 rings (SSSR count). The van der Waals surface area contributed by atoms with Crippen LogP contribution in [0, 0.1) is 5.92 Å². The fraction of sp³-hybridized carbons (Fsp3) is 0.550. The van der Waals surface area contributed by atoms with Gasteiger partial charge in [-0.15, -0.1) is 0 Å². The maximum absolute atomic E-state index is 12.0. The summed E-state index contributed by atoms with van der Waals surface area (Å²) in [4.78, 5) is 17.0. The number of piperazine rings is 1. The largest absolute Gasteiger partial charge is 0.497 e. The number of carbonyl (C=O) groups excluding carboxylic acids is 1. The number of benzene rings is 1. The monoisotopic (exact) mass is 345 g/mol. The molecule has 1 atom stereocenters. The minimum Gasteiger partial charge on any atom is -0.497 e. The summed E-state index contributed by atoms with van der Waals surface area (Å²) in [7, 11) is 1.64. The zero-order valence-corrected chi connectivity index (χ0v) is 15.7. The Bertz CT molecular complexity index is 566. The van der Waals surface area contributed by atoms with Crippen molar-refractivity contribution in [1.82, 2.24) is 15.1 Å². The standard InChI is InChI=1S/C20H31N3O2/c1-4-22-10-12-23(13-11-22)16-17(2)15-21-20(24)9-8-18-6-5-7-19(14-18)25-3/h5-9,14,17H,4,10-13,15-16H2,1-3H3,(H,21,24). The average molecular weight is 345 g/mol. The number of ether oxygens (including phenoxy) is 1. The molecule has 1 aliphatic rings. The van der Waals surface area contributed by atoms with Crippen molar-refractivity contribution in [3.8, 4) is 5.75 Å². The van der Waals surface area contributed by atoms with E-state index >= 15 is 0 Å². The van der Waals surface area contributed by atoms with E-state index in [1.165, 1.54) is 0 Å². The van der Waals surface area contributed by atoms with Gasteiger partial charge in [-0.05, 0) is 36.2 Å². The van der Waals surface area contributed by atoms with Gasteiger partial charge in [-0.2, -0.15) is 0 Å². The van der Waals surface area contributed by atoms with E-state index in [2.05, 4.69) is 29.0 Å². The molecule has 0 radical (unpaired) electrons. The Labute approximate surface area is 151 Å². The van der Waals surface area contributed by atoms with Crippen molar-refractivity contribution in [3.63, 3.8) is 0 Å². The first-order chi connectivity index (χ1) is 12.1. The molecule has 0 aromatic heterocycles. The molecule has 0 spiro atoms. The zero-order valence-electron chi connectivity index (χ0n) is 15.7. The van der Waals surface area contributed by atoms with Gasteiger partial charge in [0.05, 0.1) is 7.11 Å². The SMILES string of the molecule is CCN1CCN(CC(C)CNC(=O)C=Cc2cccc(OC)c2)CC1. The first-order valence-corrected chi connectivity index (χ1v) is 9.15. The molecule has 5 nitrogen and oxygen atoms in total. The van der Waals surface area contributed by atoms with Crippen molar-refractivity contribution in [1.29, 1.82) is 0 Å². The number of amides is 1. The van der Waals surface area contributed by atoms with Crippen LogP contribution in [0.3, 0.4) is 0 Å². The van der Waals surface area contributed by atoms with Crippen molar-refractivity contribution >= 4 is 12.0 Å². The number of hydrogen-bond donors (Lipinski definition) is 1. The van der Waals surface area contributed by atoms with Gasteiger partial charge < -0.3 is 19.9 Å². The van der Waals surface area contributed by atoms with Gasteiger partial charge in [0.1, 0.15) is 5.75 Å². The molecule has 0 saturated carbocycles. The lowest BCUT2D eigenvalue weighted by molar-refractivity contribution is -0.116. The average Bonchev–Trinajstić information content (AvgIpc) is 2.65. The van der Waals surface area contributed by atoms with Crippen LogP contribution in [-0.4, -0.2) is 68.6 Å². The third-order valence-corrected chi connectivity index (χ3v) is 4.63. The van der Waals surface area contributed by atoms with Crippen molar-refractivity contribution in [3.05, 3.63) is 35.9 Å². The molecule has 5 heteroatoms. The summed E-state index contributed by atoms with van der Waals surface area (Å²) in [5.41, 5.74) is 0.955. The molecule has 1 aromatic carbocycles. The van der Waals surface area contributed by atoms with Crippen LogP contribution in [0.5, 0.6) is 5.75 Å². The summed E-state index contributed by atoms with van der Waals surface area (Å²) in [6.07, 6.45) is 3.40. The fourth-order valence-electron chi connectivity index (χ4n) is 3.04. The lowest BCUT2D eigenvalue weighted by Crippen LogP contribution is -2.48. The Morgan fingerprint density at radius 2 is 2.00 bits per heavy atom. The van der Waals surface area contributed by atoms with Gasteiger partial charge in [0.15, 0.2) is 0 Å². The third-order valence-electron chi connectivity index (χ3n) is 4.63. The Kier molecular flexibility index (Phi) is 7.95. The van der Waals surface area contributed by atoms with E-state index in [1.807, 2.05) is 30.3 Å². The van der Waals surface area contributed by atoms with Crippen molar-refractivity contribution in [2.24, 2.45) is 5.92 Å². The fourth-order valence-corrected chi connectivity index (χ4v) is 3.04. The summed E-state index contributed by atoms with van der Waals surface area (Å²) in [6, 6.07) is 7.66. The van der Waals surface area contributed by atoms with E-state index in [1.54, 1.807) is 13.2 Å². The maximum atomic E-state index is 12.0. The number of likely N-dealkylation sites (N-methyl/N-ethyl adjacent to an activating group) is 1. The van der Waals surface area contributed by atoms with Crippen LogP contribution in [0.25, 0.3) is 6.08 Å². The molecule has 1 heterocycles. The molecule has 1 aliphatic heterocycles. The Balaban J connectivity index is 1.69. The zero-order chi connectivity index (χ0) is 18.1. The van der Waals surface area contributed by atoms with E-state index in [0.717, 1.165) is 50.6 Å². The molecule has 1 amide bonds. The number of rotatable bonds is 8. The molecule has 1 saturated heterocycles. The van der Waals surface area contributed by atoms with Crippen molar-refractivity contribution in [2.75, 3.05) is 52.9 Å². The van der Waals surface area contributed by atoms with Crippen LogP contribution in [0.2, 0.25) is 0 Å². The van der Waals surface area contributed by atoms with Gasteiger partial charge in [-0.25, -0.2) is 0 Å². The van der Waals surface area contributed by atoms with Gasteiger partial charge in [0.2, 0.25) is 5.91 Å². The van der Waals surface area contributed by atoms with Crippen LogP contribution < -0.4 is 10.1 Å². The molecule has 0 aliphatic carbocycles. The normalized spacial score (nSPS) is 17.6. The van der Waals surface area contributed by atoms with E-state index in [9.17, 15) is 4.79 Å². The number of nitrogens with zero attached hydrogens (tertiary/aromatic N) is 2. The summed E-state index contributed by atoms with van der Waals surface area (Å²) in [5.74, 6) is 1.19. The minimum atomic E-state index is -0.0505. The molecule has 25 heavy (non-hydrogen) atoms. The van der Waals surface area contributed by atoms with Gasteiger partial charge >= 0.3 is 0 Å². The van der Waals surface area contributed by atoms with Crippen LogP contribution in [0.15, 0.2) is 30.3 Å². The Morgan fingerprint density at radius 3 is 2.68 bits per heavy atom. The highest BCUT2D eigenvalue weighted by atomic mass is 16.5. The summed E-state index contributed by atoms with van der Waals surface area (Å²) in [5, 5.41) is 3.00. The molecular formula is C20H31N3O2. The van der Waals surface area contributed by atoms with E-state index in [4.69, 9.17) is 4.74 Å². The molecule has 1 unspecified atom stereocenters. The first-order valence-electron chi connectivity index (χ1n) is 9.15. The smallest absolute Gasteiger partial charge is 0.244 e. The van der Waals surface area contributed by atoms with Crippen molar-refractivity contribution in [2.45, 2.75) is 13.8 Å². The van der Waals surface area contributed by atoms with E-state index in [0.29, 0.717) is 12.5 Å². The van der Waals surface area contributed by atoms with Crippen molar-refractivity contribution < 1.29 is 9.53 Å². The predicted molar refractivity (Wildman–Crippen MR) is 103 cm³/mol. The number of carbonyl (C=O) groups is 1. The predicted octanol–water partition coefficient (Wildman–Crippen LogP) is 2.10. The lowest BCUT2D eigenvalue weighted by atomic mass is 10.1. The Morgan fingerprint density at radius 1 is 1.28 bits per heavy atom. The van der Waals surface area contributed by atoms with Crippen LogP contribution in [0.4, 0.5) is 0 Å². The third kappa shape index (κ3) is 6.88. The van der Waals surface area contributed by atoms with Gasteiger partial charge in [-0.3, -0.25) is 4.79 Å². The van der Waals surface area contributed by atoms with Gasteiger partial charge in [-0.1, -0.05) is 26.0 Å². The second-order valence-corrected chi connectivity index (χ2v) is 6.70. The first kappa shape index (κ1) is 19.5. The van der Waals surface area contributed by atoms with E-state index < -0.39 is 0 Å². The van der Waals surface area contributed by atoms with Crippen LogP contribution in [-0.2, 0) is 4.79 Å². The molecule has 1 N–H and O–H groups in total. The highest BCUT2D eigenvalue weighted by molar-refractivity contribution is 5.91. The minimum absolute atomic E-state index is 0.0505. The topological polar surface area (TPSA) is 44.8 Å². The van der Waals surface area contributed by atoms with E-state index in [-0.39, 0.29) is 5.91 Å². The lowest BCUT2D eigenvalue weighted by Gasteiger charge is -2.35. The summed E-state index contributed by atoms with van der Waals surface area (Å²) >= 11 is 0. The summed E-state index contributed by atoms with van der Waals surface area (Å²) < 4.78 is 5.18. The number of nitrogens with one attached hydrogen (secondary N) is 1. The Hall–Kier alpha value is -1.85. The quantitative estimate of drug-likeness (QED) is 0.733. The maximum Gasteiger partial charge on any atom is 0.244 e. The second kappa shape index (κ2) is 10.2. The van der Waals surface area contributed by atoms with Gasteiger partial charge in [0, 0.05) is 45.3 Å². The molecule has 1 fully saturated rings. The van der Waals surface area contributed by atoms with Crippen LogP contribution in [0.1, 0.15) is 19.4 Å². The molecule has 0 bridgehead atoms.